The molecule has 1 heterocycles. The summed E-state index contributed by atoms with van der Waals surface area (Å²) in [7, 11) is 0. The molecule has 0 spiro atoms. The number of fused-ring (bicyclic) bond motifs is 1. The molecule has 0 saturated heterocycles. The van der Waals surface area contributed by atoms with Crippen LogP contribution >= 0.6 is 11.6 Å². The summed E-state index contributed by atoms with van der Waals surface area (Å²) >= 11 is 6.08. The third-order valence-corrected chi connectivity index (χ3v) is 3.56. The minimum atomic E-state index is -0.298. The van der Waals surface area contributed by atoms with Crippen molar-refractivity contribution in [2.45, 2.75) is 19.9 Å². The first-order chi connectivity index (χ1) is 9.95. The molecule has 5 heteroatoms. The number of anilines is 1. The fraction of sp³-hybridized carbons (Fsp3) is 0.188. The van der Waals surface area contributed by atoms with Crippen LogP contribution in [-0.4, -0.2) is 9.55 Å². The predicted octanol–water partition coefficient (Wildman–Crippen LogP) is 4.66. The molecular formula is C16H15ClFN3. The molecule has 0 bridgehead atoms. The first kappa shape index (κ1) is 13.9. The molecular weight excluding hydrogens is 289 g/mol. The van der Waals surface area contributed by atoms with Gasteiger partial charge in [-0.3, -0.25) is 0 Å². The summed E-state index contributed by atoms with van der Waals surface area (Å²) in [5.74, 6) is 0.438. The van der Waals surface area contributed by atoms with Crippen molar-refractivity contribution in [3.63, 3.8) is 0 Å². The van der Waals surface area contributed by atoms with E-state index in [-0.39, 0.29) is 11.9 Å². The van der Waals surface area contributed by atoms with Crippen molar-refractivity contribution >= 4 is 28.3 Å². The van der Waals surface area contributed by atoms with Crippen molar-refractivity contribution in [2.24, 2.45) is 0 Å². The molecule has 108 valence electrons. The SMILES string of the molecule is CC(C)n1c(-c2cc(N)cc(Cl)c2)nc2cc(F)ccc21. The third-order valence-electron chi connectivity index (χ3n) is 3.35. The lowest BCUT2D eigenvalue weighted by Crippen LogP contribution is -2.03. The van der Waals surface area contributed by atoms with E-state index in [4.69, 9.17) is 17.3 Å². The van der Waals surface area contributed by atoms with Gasteiger partial charge in [-0.25, -0.2) is 9.37 Å². The van der Waals surface area contributed by atoms with Crippen LogP contribution in [0.15, 0.2) is 36.4 Å². The summed E-state index contributed by atoms with van der Waals surface area (Å²) in [6.07, 6.45) is 0. The van der Waals surface area contributed by atoms with E-state index in [0.717, 1.165) is 16.9 Å². The first-order valence-electron chi connectivity index (χ1n) is 6.69. The van der Waals surface area contributed by atoms with Gasteiger partial charge in [0.2, 0.25) is 0 Å². The average Bonchev–Trinajstić information content (AvgIpc) is 2.75. The summed E-state index contributed by atoms with van der Waals surface area (Å²) in [4.78, 5) is 4.56. The summed E-state index contributed by atoms with van der Waals surface area (Å²) in [6, 6.07) is 10.1. The Labute approximate surface area is 127 Å². The Kier molecular flexibility index (Phi) is 3.33. The first-order valence-corrected chi connectivity index (χ1v) is 7.07. The number of halogens is 2. The number of hydrogen-bond donors (Lipinski definition) is 1. The van der Waals surface area contributed by atoms with Crippen LogP contribution in [0.5, 0.6) is 0 Å². The van der Waals surface area contributed by atoms with Gasteiger partial charge in [-0.05, 0) is 44.2 Å². The lowest BCUT2D eigenvalue weighted by atomic mass is 10.2. The van der Waals surface area contributed by atoms with Gasteiger partial charge in [0.1, 0.15) is 11.6 Å². The van der Waals surface area contributed by atoms with Gasteiger partial charge >= 0.3 is 0 Å². The maximum atomic E-state index is 13.4. The summed E-state index contributed by atoms with van der Waals surface area (Å²) in [5, 5.41) is 0.554. The van der Waals surface area contributed by atoms with E-state index in [1.54, 1.807) is 12.1 Å². The average molecular weight is 304 g/mol. The number of hydrogen-bond acceptors (Lipinski definition) is 2. The topological polar surface area (TPSA) is 43.8 Å². The van der Waals surface area contributed by atoms with Gasteiger partial charge in [-0.1, -0.05) is 11.6 Å². The highest BCUT2D eigenvalue weighted by Gasteiger charge is 2.16. The second-order valence-electron chi connectivity index (χ2n) is 5.31. The maximum Gasteiger partial charge on any atom is 0.141 e. The Balaban J connectivity index is 2.33. The van der Waals surface area contributed by atoms with Gasteiger partial charge in [0.25, 0.3) is 0 Å². The minimum absolute atomic E-state index is 0.177. The molecule has 0 amide bonds. The van der Waals surface area contributed by atoms with Gasteiger partial charge in [0.15, 0.2) is 0 Å². The smallest absolute Gasteiger partial charge is 0.141 e. The second-order valence-corrected chi connectivity index (χ2v) is 5.74. The molecule has 0 fully saturated rings. The normalized spacial score (nSPS) is 11.5. The molecule has 3 nitrogen and oxygen atoms in total. The number of rotatable bonds is 2. The van der Waals surface area contributed by atoms with Gasteiger partial charge in [0, 0.05) is 28.4 Å². The zero-order valence-electron chi connectivity index (χ0n) is 11.8. The molecule has 3 rings (SSSR count). The summed E-state index contributed by atoms with van der Waals surface area (Å²) in [6.45, 7) is 4.11. The maximum absolute atomic E-state index is 13.4. The van der Waals surface area contributed by atoms with E-state index in [2.05, 4.69) is 23.4 Å². The monoisotopic (exact) mass is 303 g/mol. The lowest BCUT2D eigenvalue weighted by molar-refractivity contribution is 0.620. The van der Waals surface area contributed by atoms with E-state index in [0.29, 0.717) is 16.2 Å². The highest BCUT2D eigenvalue weighted by atomic mass is 35.5. The molecule has 2 aromatic carbocycles. The van der Waals surface area contributed by atoms with Crippen molar-refractivity contribution in [1.82, 2.24) is 9.55 Å². The number of benzene rings is 2. The fourth-order valence-electron chi connectivity index (χ4n) is 2.54. The van der Waals surface area contributed by atoms with E-state index < -0.39 is 0 Å². The number of imidazole rings is 1. The van der Waals surface area contributed by atoms with Crippen LogP contribution in [0.4, 0.5) is 10.1 Å². The van der Waals surface area contributed by atoms with Crippen LogP contribution in [0.1, 0.15) is 19.9 Å². The van der Waals surface area contributed by atoms with Crippen LogP contribution in [0.25, 0.3) is 22.4 Å². The van der Waals surface area contributed by atoms with Gasteiger partial charge in [-0.2, -0.15) is 0 Å². The Bertz CT molecular complexity index is 803. The Morgan fingerprint density at radius 3 is 2.62 bits per heavy atom. The molecule has 0 radical (unpaired) electrons. The van der Waals surface area contributed by atoms with E-state index >= 15 is 0 Å². The molecule has 0 aliphatic rings. The molecule has 0 unspecified atom stereocenters. The third kappa shape index (κ3) is 2.47. The number of nitrogens with two attached hydrogens (primary N) is 1. The van der Waals surface area contributed by atoms with Crippen LogP contribution in [0.3, 0.4) is 0 Å². The van der Waals surface area contributed by atoms with Crippen molar-refractivity contribution in [3.05, 3.63) is 47.2 Å². The zero-order valence-corrected chi connectivity index (χ0v) is 12.5. The van der Waals surface area contributed by atoms with Crippen LogP contribution in [0, 0.1) is 5.82 Å². The summed E-state index contributed by atoms with van der Waals surface area (Å²) < 4.78 is 15.5. The number of aromatic nitrogens is 2. The van der Waals surface area contributed by atoms with E-state index in [1.165, 1.54) is 12.1 Å². The standard InChI is InChI=1S/C16H15ClFN3/c1-9(2)21-15-4-3-12(18)8-14(15)20-16(21)10-5-11(17)7-13(19)6-10/h3-9H,19H2,1-2H3. The van der Waals surface area contributed by atoms with Crippen LogP contribution in [-0.2, 0) is 0 Å². The molecule has 0 aliphatic carbocycles. The molecule has 3 aromatic rings. The van der Waals surface area contributed by atoms with Crippen molar-refractivity contribution in [2.75, 3.05) is 5.73 Å². The summed E-state index contributed by atoms with van der Waals surface area (Å²) in [5.41, 5.74) is 8.77. The number of nitrogens with zero attached hydrogens (tertiary/aromatic N) is 2. The van der Waals surface area contributed by atoms with Crippen molar-refractivity contribution in [1.29, 1.82) is 0 Å². The zero-order chi connectivity index (χ0) is 15.1. The van der Waals surface area contributed by atoms with Gasteiger partial charge < -0.3 is 10.3 Å². The predicted molar refractivity (Wildman–Crippen MR) is 84.9 cm³/mol. The van der Waals surface area contributed by atoms with Crippen molar-refractivity contribution in [3.8, 4) is 11.4 Å². The Morgan fingerprint density at radius 1 is 1.19 bits per heavy atom. The lowest BCUT2D eigenvalue weighted by Gasteiger charge is -2.13. The van der Waals surface area contributed by atoms with Gasteiger partial charge in [0.05, 0.1) is 11.0 Å². The molecule has 0 saturated carbocycles. The Morgan fingerprint density at radius 2 is 1.95 bits per heavy atom. The van der Waals surface area contributed by atoms with Crippen LogP contribution < -0.4 is 5.73 Å². The van der Waals surface area contributed by atoms with E-state index in [9.17, 15) is 4.39 Å². The highest BCUT2D eigenvalue weighted by molar-refractivity contribution is 6.31. The highest BCUT2D eigenvalue weighted by Crippen LogP contribution is 2.31. The molecule has 1 aromatic heterocycles. The molecule has 0 atom stereocenters. The Hall–Kier alpha value is -2.07. The largest absolute Gasteiger partial charge is 0.399 e. The van der Waals surface area contributed by atoms with Crippen molar-refractivity contribution < 1.29 is 4.39 Å². The molecule has 2 N–H and O–H groups in total. The number of nitrogen functional groups attached to an aromatic ring is 1. The minimum Gasteiger partial charge on any atom is -0.399 e. The molecule has 0 aliphatic heterocycles. The molecule has 21 heavy (non-hydrogen) atoms. The fourth-order valence-corrected chi connectivity index (χ4v) is 2.78. The second kappa shape index (κ2) is 5.04. The van der Waals surface area contributed by atoms with E-state index in [1.807, 2.05) is 12.1 Å². The quantitative estimate of drug-likeness (QED) is 0.700. The van der Waals surface area contributed by atoms with Gasteiger partial charge in [-0.15, -0.1) is 0 Å². The van der Waals surface area contributed by atoms with Crippen LogP contribution in [0.2, 0.25) is 5.02 Å².